The smallest absolute Gasteiger partial charge is 0.239 e. The van der Waals surface area contributed by atoms with Crippen molar-refractivity contribution in [1.29, 1.82) is 0 Å². The lowest BCUT2D eigenvalue weighted by molar-refractivity contribution is -0.121. The number of hydrogen-bond donors (Lipinski definition) is 2. The number of aliphatic hydroxyl groups is 1. The first-order valence-corrected chi connectivity index (χ1v) is 4.71. The average Bonchev–Trinajstić information content (AvgIpc) is 2.65. The Hall–Kier alpha value is -1.29. The van der Waals surface area contributed by atoms with Crippen molar-refractivity contribution in [3.63, 3.8) is 0 Å². The molecule has 78 valence electrons. The summed E-state index contributed by atoms with van der Waals surface area (Å²) in [4.78, 5) is 11.0. The third-order valence-corrected chi connectivity index (χ3v) is 2.15. The summed E-state index contributed by atoms with van der Waals surface area (Å²) in [5, 5.41) is 12.1. The predicted octanol–water partition coefficient (Wildman–Crippen LogP) is 0.677. The second-order valence-corrected chi connectivity index (χ2v) is 3.21. The number of carbonyl (C=O) groups excluding carboxylic acids is 1. The minimum Gasteiger partial charge on any atom is -0.388 e. The number of amides is 1. The zero-order valence-electron chi connectivity index (χ0n) is 8.53. The quantitative estimate of drug-likeness (QED) is 0.744. The highest BCUT2D eigenvalue weighted by molar-refractivity contribution is 5.75. The van der Waals surface area contributed by atoms with E-state index in [9.17, 15) is 9.90 Å². The van der Waals surface area contributed by atoms with Crippen LogP contribution in [0, 0.1) is 0 Å². The summed E-state index contributed by atoms with van der Waals surface area (Å²) in [6.45, 7) is 2.22. The van der Waals surface area contributed by atoms with Crippen molar-refractivity contribution in [2.75, 3.05) is 7.05 Å². The molecular weight excluding hydrogens is 180 g/mol. The lowest BCUT2D eigenvalue weighted by atomic mass is 10.1. The van der Waals surface area contributed by atoms with Crippen molar-refractivity contribution in [2.24, 2.45) is 0 Å². The van der Waals surface area contributed by atoms with Gasteiger partial charge in [0.15, 0.2) is 0 Å². The second kappa shape index (κ2) is 4.81. The molecule has 1 rings (SSSR count). The van der Waals surface area contributed by atoms with Gasteiger partial charge in [-0.1, -0.05) is 6.92 Å². The number of aromatic nitrogens is 1. The number of rotatable bonds is 4. The van der Waals surface area contributed by atoms with Crippen molar-refractivity contribution in [3.05, 3.63) is 24.0 Å². The fourth-order valence-electron chi connectivity index (χ4n) is 1.24. The molecule has 0 aliphatic heterocycles. The Balaban J connectivity index is 2.63. The van der Waals surface area contributed by atoms with Crippen molar-refractivity contribution in [1.82, 2.24) is 9.88 Å². The summed E-state index contributed by atoms with van der Waals surface area (Å²) >= 11 is 0. The molecule has 1 heterocycles. The normalized spacial score (nSPS) is 12.5. The van der Waals surface area contributed by atoms with E-state index in [1.54, 1.807) is 24.0 Å². The molecule has 0 saturated carbocycles. The van der Waals surface area contributed by atoms with Crippen molar-refractivity contribution >= 4 is 5.91 Å². The fourth-order valence-corrected chi connectivity index (χ4v) is 1.24. The minimum atomic E-state index is -0.430. The van der Waals surface area contributed by atoms with Gasteiger partial charge in [0.1, 0.15) is 6.54 Å². The van der Waals surface area contributed by atoms with Crippen LogP contribution in [0.15, 0.2) is 18.5 Å². The van der Waals surface area contributed by atoms with Gasteiger partial charge in [0.2, 0.25) is 5.91 Å². The van der Waals surface area contributed by atoms with Gasteiger partial charge in [-0.25, -0.2) is 0 Å². The first-order valence-electron chi connectivity index (χ1n) is 4.71. The Kier molecular flexibility index (Phi) is 3.71. The third-order valence-electron chi connectivity index (χ3n) is 2.15. The number of nitrogens with one attached hydrogen (secondary N) is 1. The molecule has 4 heteroatoms. The molecule has 0 bridgehead atoms. The summed E-state index contributed by atoms with van der Waals surface area (Å²) in [5.74, 6) is -0.0434. The van der Waals surface area contributed by atoms with Crippen molar-refractivity contribution in [3.8, 4) is 0 Å². The molecule has 1 aromatic rings. The first kappa shape index (κ1) is 10.8. The molecule has 1 aromatic heterocycles. The SMILES string of the molecule is CCC(O)c1ccn(CC(=O)NC)c1. The number of hydrogen-bond acceptors (Lipinski definition) is 2. The zero-order valence-corrected chi connectivity index (χ0v) is 8.53. The van der Waals surface area contributed by atoms with E-state index in [1.165, 1.54) is 0 Å². The lowest BCUT2D eigenvalue weighted by Crippen LogP contribution is -2.22. The molecule has 0 aromatic carbocycles. The van der Waals surface area contributed by atoms with E-state index in [0.717, 1.165) is 5.56 Å². The molecule has 0 spiro atoms. The van der Waals surface area contributed by atoms with Gasteiger partial charge < -0.3 is 15.0 Å². The van der Waals surface area contributed by atoms with Crippen LogP contribution in [0.5, 0.6) is 0 Å². The monoisotopic (exact) mass is 196 g/mol. The third kappa shape index (κ3) is 2.60. The van der Waals surface area contributed by atoms with E-state index in [-0.39, 0.29) is 5.91 Å². The summed E-state index contributed by atoms with van der Waals surface area (Å²) < 4.78 is 1.76. The number of aliphatic hydroxyl groups excluding tert-OH is 1. The highest BCUT2D eigenvalue weighted by Gasteiger charge is 2.07. The van der Waals surface area contributed by atoms with Gasteiger partial charge in [0, 0.05) is 19.4 Å². The van der Waals surface area contributed by atoms with Gasteiger partial charge in [0.05, 0.1) is 6.10 Å². The largest absolute Gasteiger partial charge is 0.388 e. The zero-order chi connectivity index (χ0) is 10.6. The van der Waals surface area contributed by atoms with Crippen LogP contribution in [0.3, 0.4) is 0 Å². The molecule has 14 heavy (non-hydrogen) atoms. The molecule has 1 amide bonds. The molecule has 0 saturated heterocycles. The van der Waals surface area contributed by atoms with Crippen molar-refractivity contribution < 1.29 is 9.90 Å². The molecule has 0 aliphatic carbocycles. The van der Waals surface area contributed by atoms with E-state index < -0.39 is 6.10 Å². The second-order valence-electron chi connectivity index (χ2n) is 3.21. The summed E-state index contributed by atoms with van der Waals surface area (Å²) in [6.07, 6.45) is 3.84. The van der Waals surface area contributed by atoms with Gasteiger partial charge in [-0.05, 0) is 18.1 Å². The van der Waals surface area contributed by atoms with E-state index in [4.69, 9.17) is 0 Å². The molecule has 0 fully saturated rings. The maximum absolute atomic E-state index is 11.0. The molecule has 4 nitrogen and oxygen atoms in total. The van der Waals surface area contributed by atoms with Gasteiger partial charge in [0.25, 0.3) is 0 Å². The standard InChI is InChI=1S/C10H16N2O2/c1-3-9(13)8-4-5-12(6-8)7-10(14)11-2/h4-6,9,13H,3,7H2,1-2H3,(H,11,14). The first-order chi connectivity index (χ1) is 6.67. The van der Waals surface area contributed by atoms with Crippen LogP contribution in [0.2, 0.25) is 0 Å². The van der Waals surface area contributed by atoms with Gasteiger partial charge in [-0.3, -0.25) is 4.79 Å². The number of nitrogens with zero attached hydrogens (tertiary/aromatic N) is 1. The van der Waals surface area contributed by atoms with Crippen LogP contribution < -0.4 is 5.32 Å². The van der Waals surface area contributed by atoms with Crippen LogP contribution in [-0.4, -0.2) is 22.6 Å². The molecule has 2 N–H and O–H groups in total. The molecule has 0 aliphatic rings. The van der Waals surface area contributed by atoms with Gasteiger partial charge in [-0.15, -0.1) is 0 Å². The van der Waals surface area contributed by atoms with E-state index in [2.05, 4.69) is 5.32 Å². The van der Waals surface area contributed by atoms with E-state index in [1.807, 2.05) is 13.0 Å². The number of carbonyl (C=O) groups is 1. The number of likely N-dealkylation sites (N-methyl/N-ethyl adjacent to an activating group) is 1. The highest BCUT2D eigenvalue weighted by Crippen LogP contribution is 2.15. The van der Waals surface area contributed by atoms with Crippen LogP contribution in [0.25, 0.3) is 0 Å². The van der Waals surface area contributed by atoms with Gasteiger partial charge >= 0.3 is 0 Å². The Bertz CT molecular complexity index is 307. The lowest BCUT2D eigenvalue weighted by Gasteiger charge is -2.04. The summed E-state index contributed by atoms with van der Waals surface area (Å²) in [6, 6.07) is 1.83. The maximum atomic E-state index is 11.0. The molecular formula is C10H16N2O2. The van der Waals surface area contributed by atoms with E-state index in [0.29, 0.717) is 13.0 Å². The van der Waals surface area contributed by atoms with E-state index >= 15 is 0 Å². The predicted molar refractivity (Wildman–Crippen MR) is 53.7 cm³/mol. The summed E-state index contributed by atoms with van der Waals surface area (Å²) in [7, 11) is 1.60. The Morgan fingerprint density at radius 1 is 1.71 bits per heavy atom. The maximum Gasteiger partial charge on any atom is 0.239 e. The van der Waals surface area contributed by atoms with Crippen LogP contribution in [0.1, 0.15) is 25.0 Å². The average molecular weight is 196 g/mol. The van der Waals surface area contributed by atoms with Crippen LogP contribution in [-0.2, 0) is 11.3 Å². The molecule has 1 atom stereocenters. The fraction of sp³-hybridized carbons (Fsp3) is 0.500. The summed E-state index contributed by atoms with van der Waals surface area (Å²) in [5.41, 5.74) is 0.858. The van der Waals surface area contributed by atoms with Crippen molar-refractivity contribution in [2.45, 2.75) is 26.0 Å². The van der Waals surface area contributed by atoms with Crippen LogP contribution in [0.4, 0.5) is 0 Å². The minimum absolute atomic E-state index is 0.0434. The van der Waals surface area contributed by atoms with Gasteiger partial charge in [-0.2, -0.15) is 0 Å². The molecule has 0 radical (unpaired) electrons. The Labute approximate surface area is 83.5 Å². The Morgan fingerprint density at radius 3 is 3.00 bits per heavy atom. The molecule has 1 unspecified atom stereocenters. The highest BCUT2D eigenvalue weighted by atomic mass is 16.3. The topological polar surface area (TPSA) is 54.3 Å². The van der Waals surface area contributed by atoms with Crippen LogP contribution >= 0.6 is 0 Å². The Morgan fingerprint density at radius 2 is 2.43 bits per heavy atom.